The van der Waals surface area contributed by atoms with Crippen LogP contribution in [0, 0.1) is 10.1 Å². The average molecular weight is 342 g/mol. The van der Waals surface area contributed by atoms with Gasteiger partial charge in [0.1, 0.15) is 5.75 Å². The molecular weight excluding hydrogens is 320 g/mol. The molecule has 0 fully saturated rings. The predicted octanol–water partition coefficient (Wildman–Crippen LogP) is 3.80. The van der Waals surface area contributed by atoms with Gasteiger partial charge in [-0.25, -0.2) is 0 Å². The van der Waals surface area contributed by atoms with Crippen molar-refractivity contribution >= 4 is 11.6 Å². The number of ether oxygens (including phenoxy) is 1. The average Bonchev–Trinajstić information content (AvgIpc) is 2.58. The fourth-order valence-electron chi connectivity index (χ4n) is 2.35. The highest BCUT2D eigenvalue weighted by Gasteiger charge is 2.26. The molecule has 0 bridgehead atoms. The number of hydrogen-bond donors (Lipinski definition) is 0. The van der Waals surface area contributed by atoms with Crippen molar-refractivity contribution in [2.75, 3.05) is 6.61 Å². The Morgan fingerprint density at radius 1 is 1.08 bits per heavy atom. The molecule has 6 nitrogen and oxygen atoms in total. The molecule has 2 rings (SSSR count). The second-order valence-corrected chi connectivity index (χ2v) is 6.68. The van der Waals surface area contributed by atoms with Crippen molar-refractivity contribution in [3.63, 3.8) is 0 Å². The number of carbonyl (C=O) groups is 1. The van der Waals surface area contributed by atoms with Crippen LogP contribution < -0.4 is 4.74 Å². The standard InChI is InChI=1S/C19H22N2O4/c1-19(2,3)20(13-15-7-5-4-6-8-15)18(22)14-25-17-11-9-16(10-12-17)21(23)24/h4-12H,13-14H2,1-3H3. The van der Waals surface area contributed by atoms with Crippen molar-refractivity contribution < 1.29 is 14.5 Å². The minimum Gasteiger partial charge on any atom is -0.484 e. The summed E-state index contributed by atoms with van der Waals surface area (Å²) in [5.41, 5.74) is 0.673. The van der Waals surface area contributed by atoms with E-state index in [-0.39, 0.29) is 23.7 Å². The predicted molar refractivity (Wildman–Crippen MR) is 95.3 cm³/mol. The Kier molecular flexibility index (Phi) is 5.75. The normalized spacial score (nSPS) is 11.0. The van der Waals surface area contributed by atoms with Gasteiger partial charge in [0.05, 0.1) is 4.92 Å². The van der Waals surface area contributed by atoms with E-state index in [0.29, 0.717) is 12.3 Å². The van der Waals surface area contributed by atoms with E-state index < -0.39 is 4.92 Å². The van der Waals surface area contributed by atoms with Crippen LogP contribution in [0.15, 0.2) is 54.6 Å². The smallest absolute Gasteiger partial charge is 0.269 e. The number of benzene rings is 2. The van der Waals surface area contributed by atoms with Gasteiger partial charge in [0.15, 0.2) is 6.61 Å². The topological polar surface area (TPSA) is 72.7 Å². The summed E-state index contributed by atoms with van der Waals surface area (Å²) in [6.45, 7) is 6.29. The van der Waals surface area contributed by atoms with Gasteiger partial charge in [-0.3, -0.25) is 14.9 Å². The summed E-state index contributed by atoms with van der Waals surface area (Å²) in [4.78, 5) is 24.6. The van der Waals surface area contributed by atoms with Crippen molar-refractivity contribution in [1.29, 1.82) is 0 Å². The lowest BCUT2D eigenvalue weighted by Gasteiger charge is -2.35. The minimum absolute atomic E-state index is 0.0147. The number of rotatable bonds is 6. The first-order chi connectivity index (χ1) is 11.8. The van der Waals surface area contributed by atoms with E-state index in [9.17, 15) is 14.9 Å². The van der Waals surface area contributed by atoms with Crippen LogP contribution in [-0.2, 0) is 11.3 Å². The molecule has 0 aliphatic rings. The van der Waals surface area contributed by atoms with E-state index in [1.807, 2.05) is 51.1 Å². The molecule has 0 aromatic heterocycles. The van der Waals surface area contributed by atoms with Crippen molar-refractivity contribution in [2.45, 2.75) is 32.9 Å². The molecule has 0 spiro atoms. The van der Waals surface area contributed by atoms with Gasteiger partial charge in [-0.2, -0.15) is 0 Å². The van der Waals surface area contributed by atoms with E-state index in [2.05, 4.69) is 0 Å². The summed E-state index contributed by atoms with van der Waals surface area (Å²) < 4.78 is 5.50. The third-order valence-corrected chi connectivity index (χ3v) is 3.70. The van der Waals surface area contributed by atoms with Crippen LogP contribution in [0.2, 0.25) is 0 Å². The molecule has 0 N–H and O–H groups in total. The first-order valence-electron chi connectivity index (χ1n) is 7.99. The van der Waals surface area contributed by atoms with Crippen LogP contribution in [0.5, 0.6) is 5.75 Å². The van der Waals surface area contributed by atoms with Crippen LogP contribution in [0.25, 0.3) is 0 Å². The van der Waals surface area contributed by atoms with Gasteiger partial charge in [0.25, 0.3) is 11.6 Å². The molecule has 0 saturated heterocycles. The SMILES string of the molecule is CC(C)(C)N(Cc1ccccc1)C(=O)COc1ccc([N+](=O)[O-])cc1. The Bertz CT molecular complexity index is 721. The first kappa shape index (κ1) is 18.4. The largest absolute Gasteiger partial charge is 0.484 e. The molecular formula is C19H22N2O4. The highest BCUT2D eigenvalue weighted by Crippen LogP contribution is 2.20. The summed E-state index contributed by atoms with van der Waals surface area (Å²) in [5.74, 6) is 0.280. The van der Waals surface area contributed by atoms with Gasteiger partial charge >= 0.3 is 0 Å². The maximum atomic E-state index is 12.6. The van der Waals surface area contributed by atoms with Gasteiger partial charge in [0.2, 0.25) is 0 Å². The molecule has 0 saturated carbocycles. The Labute approximate surface area is 147 Å². The third kappa shape index (κ3) is 5.31. The Morgan fingerprint density at radius 2 is 1.68 bits per heavy atom. The molecule has 0 atom stereocenters. The highest BCUT2D eigenvalue weighted by atomic mass is 16.6. The Hall–Kier alpha value is -2.89. The van der Waals surface area contributed by atoms with Crippen molar-refractivity contribution in [3.05, 3.63) is 70.3 Å². The summed E-state index contributed by atoms with van der Waals surface area (Å²) in [6, 6.07) is 15.4. The van der Waals surface area contributed by atoms with Crippen molar-refractivity contribution in [3.8, 4) is 5.75 Å². The van der Waals surface area contributed by atoms with E-state index in [1.165, 1.54) is 24.3 Å². The van der Waals surface area contributed by atoms with E-state index in [0.717, 1.165) is 5.56 Å². The Balaban J connectivity index is 2.03. The number of hydrogen-bond acceptors (Lipinski definition) is 4. The van der Waals surface area contributed by atoms with Crippen LogP contribution in [0.3, 0.4) is 0 Å². The second-order valence-electron chi connectivity index (χ2n) is 6.68. The van der Waals surface area contributed by atoms with Crippen LogP contribution in [-0.4, -0.2) is 27.9 Å². The molecule has 6 heteroatoms. The molecule has 25 heavy (non-hydrogen) atoms. The summed E-state index contributed by atoms with van der Waals surface area (Å²) in [6.07, 6.45) is 0. The van der Waals surface area contributed by atoms with Gasteiger partial charge in [-0.15, -0.1) is 0 Å². The molecule has 0 aliphatic heterocycles. The maximum Gasteiger partial charge on any atom is 0.269 e. The quantitative estimate of drug-likeness (QED) is 0.591. The number of non-ortho nitro benzene ring substituents is 1. The lowest BCUT2D eigenvalue weighted by molar-refractivity contribution is -0.384. The summed E-state index contributed by atoms with van der Waals surface area (Å²) >= 11 is 0. The summed E-state index contributed by atoms with van der Waals surface area (Å²) in [7, 11) is 0. The molecule has 2 aromatic carbocycles. The third-order valence-electron chi connectivity index (χ3n) is 3.70. The van der Waals surface area contributed by atoms with E-state index in [4.69, 9.17) is 4.74 Å². The molecule has 2 aromatic rings. The molecule has 132 valence electrons. The van der Waals surface area contributed by atoms with Crippen LogP contribution in [0.1, 0.15) is 26.3 Å². The van der Waals surface area contributed by atoms with Crippen molar-refractivity contribution in [2.24, 2.45) is 0 Å². The number of nitro benzene ring substituents is 1. The van der Waals surface area contributed by atoms with E-state index in [1.54, 1.807) is 4.90 Å². The van der Waals surface area contributed by atoms with Crippen molar-refractivity contribution in [1.82, 2.24) is 4.90 Å². The van der Waals surface area contributed by atoms with Crippen LogP contribution in [0.4, 0.5) is 5.69 Å². The number of nitrogens with zero attached hydrogens (tertiary/aromatic N) is 2. The lowest BCUT2D eigenvalue weighted by atomic mass is 10.0. The van der Waals surface area contributed by atoms with Gasteiger partial charge in [-0.05, 0) is 38.5 Å². The number of nitro groups is 1. The monoisotopic (exact) mass is 342 g/mol. The molecule has 0 aliphatic carbocycles. The fraction of sp³-hybridized carbons (Fsp3) is 0.316. The second kappa shape index (κ2) is 7.79. The Morgan fingerprint density at radius 3 is 2.20 bits per heavy atom. The zero-order chi connectivity index (χ0) is 18.4. The molecule has 0 heterocycles. The summed E-state index contributed by atoms with van der Waals surface area (Å²) in [5, 5.41) is 10.7. The first-order valence-corrected chi connectivity index (χ1v) is 7.99. The molecule has 0 unspecified atom stereocenters. The number of amides is 1. The van der Waals surface area contributed by atoms with Gasteiger partial charge in [0, 0.05) is 24.2 Å². The highest BCUT2D eigenvalue weighted by molar-refractivity contribution is 5.78. The maximum absolute atomic E-state index is 12.6. The lowest BCUT2D eigenvalue weighted by Crippen LogP contribution is -2.47. The van der Waals surface area contributed by atoms with Gasteiger partial charge in [-0.1, -0.05) is 30.3 Å². The fourth-order valence-corrected chi connectivity index (χ4v) is 2.35. The van der Waals surface area contributed by atoms with E-state index >= 15 is 0 Å². The number of carbonyl (C=O) groups excluding carboxylic acids is 1. The molecule has 1 amide bonds. The van der Waals surface area contributed by atoms with Gasteiger partial charge < -0.3 is 9.64 Å². The van der Waals surface area contributed by atoms with Crippen LogP contribution >= 0.6 is 0 Å². The molecule has 0 radical (unpaired) electrons. The minimum atomic E-state index is -0.476. The zero-order valence-electron chi connectivity index (χ0n) is 14.6. The zero-order valence-corrected chi connectivity index (χ0v) is 14.6.